The molecule has 0 fully saturated rings. The molecule has 2 aromatic heterocycles. The lowest BCUT2D eigenvalue weighted by atomic mass is 10.4. The van der Waals surface area contributed by atoms with E-state index in [9.17, 15) is 0 Å². The SMILES string of the molecule is CN(CCN)c1ncnc2nc[nH]c12. The van der Waals surface area contributed by atoms with Gasteiger partial charge in [0.1, 0.15) is 11.8 Å². The number of aromatic amines is 1. The van der Waals surface area contributed by atoms with Gasteiger partial charge in [0.05, 0.1) is 6.33 Å². The Labute approximate surface area is 81.2 Å². The second-order valence-corrected chi connectivity index (χ2v) is 3.01. The molecule has 0 saturated carbocycles. The summed E-state index contributed by atoms with van der Waals surface area (Å²) in [5, 5.41) is 0. The summed E-state index contributed by atoms with van der Waals surface area (Å²) in [6.07, 6.45) is 3.12. The van der Waals surface area contributed by atoms with Crippen LogP contribution in [0.3, 0.4) is 0 Å². The highest BCUT2D eigenvalue weighted by Gasteiger charge is 2.08. The van der Waals surface area contributed by atoms with E-state index in [2.05, 4.69) is 19.9 Å². The maximum absolute atomic E-state index is 5.48. The summed E-state index contributed by atoms with van der Waals surface area (Å²) in [7, 11) is 1.94. The lowest BCUT2D eigenvalue weighted by Crippen LogP contribution is -2.26. The molecule has 3 N–H and O–H groups in total. The quantitative estimate of drug-likeness (QED) is 0.700. The van der Waals surface area contributed by atoms with Crippen molar-refractivity contribution in [3.63, 3.8) is 0 Å². The molecule has 2 aromatic rings. The van der Waals surface area contributed by atoms with Crippen LogP contribution < -0.4 is 10.6 Å². The van der Waals surface area contributed by atoms with E-state index in [1.54, 1.807) is 6.33 Å². The average molecular weight is 192 g/mol. The molecule has 0 saturated heterocycles. The molecule has 0 atom stereocenters. The van der Waals surface area contributed by atoms with Gasteiger partial charge >= 0.3 is 0 Å². The zero-order valence-corrected chi connectivity index (χ0v) is 7.94. The molecule has 0 amide bonds. The summed E-state index contributed by atoms with van der Waals surface area (Å²) in [5.74, 6) is 0.831. The van der Waals surface area contributed by atoms with Crippen molar-refractivity contribution in [1.29, 1.82) is 0 Å². The van der Waals surface area contributed by atoms with Gasteiger partial charge in [-0.05, 0) is 0 Å². The summed E-state index contributed by atoms with van der Waals surface area (Å²) in [6, 6.07) is 0. The number of fused-ring (bicyclic) bond motifs is 1. The molecular weight excluding hydrogens is 180 g/mol. The molecule has 2 rings (SSSR count). The number of nitrogens with two attached hydrogens (primary N) is 1. The van der Waals surface area contributed by atoms with Gasteiger partial charge in [0.15, 0.2) is 11.5 Å². The van der Waals surface area contributed by atoms with Crippen molar-refractivity contribution in [2.45, 2.75) is 0 Å². The minimum absolute atomic E-state index is 0.593. The largest absolute Gasteiger partial charge is 0.357 e. The predicted molar refractivity (Wildman–Crippen MR) is 54.0 cm³/mol. The molecule has 2 heterocycles. The molecule has 0 aliphatic heterocycles. The van der Waals surface area contributed by atoms with Gasteiger partial charge in [-0.2, -0.15) is 0 Å². The maximum atomic E-state index is 5.48. The smallest absolute Gasteiger partial charge is 0.182 e. The summed E-state index contributed by atoms with van der Waals surface area (Å²) < 4.78 is 0. The predicted octanol–water partition coefficient (Wildman–Crippen LogP) is -0.252. The highest BCUT2D eigenvalue weighted by Crippen LogP contribution is 2.17. The Hall–Kier alpha value is -1.69. The topological polar surface area (TPSA) is 83.7 Å². The maximum Gasteiger partial charge on any atom is 0.182 e. The van der Waals surface area contributed by atoms with Gasteiger partial charge in [-0.1, -0.05) is 0 Å². The number of rotatable bonds is 3. The second-order valence-electron chi connectivity index (χ2n) is 3.01. The fourth-order valence-corrected chi connectivity index (χ4v) is 1.34. The Morgan fingerprint density at radius 2 is 2.29 bits per heavy atom. The van der Waals surface area contributed by atoms with Crippen molar-refractivity contribution in [1.82, 2.24) is 19.9 Å². The molecule has 6 heteroatoms. The third kappa shape index (κ3) is 1.39. The molecule has 0 aliphatic carbocycles. The van der Waals surface area contributed by atoms with Crippen LogP contribution in [0.5, 0.6) is 0 Å². The molecule has 0 spiro atoms. The van der Waals surface area contributed by atoms with Gasteiger partial charge < -0.3 is 15.6 Å². The number of hydrogen-bond donors (Lipinski definition) is 2. The van der Waals surface area contributed by atoms with E-state index < -0.39 is 0 Å². The van der Waals surface area contributed by atoms with Crippen molar-refractivity contribution < 1.29 is 0 Å². The van der Waals surface area contributed by atoms with E-state index in [1.165, 1.54) is 6.33 Å². The lowest BCUT2D eigenvalue weighted by molar-refractivity contribution is 0.869. The number of nitrogens with zero attached hydrogens (tertiary/aromatic N) is 4. The Bertz CT molecular complexity index is 422. The van der Waals surface area contributed by atoms with Crippen LogP contribution in [0.1, 0.15) is 0 Å². The highest BCUT2D eigenvalue weighted by atomic mass is 15.2. The van der Waals surface area contributed by atoms with Gasteiger partial charge in [-0.15, -0.1) is 0 Å². The van der Waals surface area contributed by atoms with Gasteiger partial charge in [-0.3, -0.25) is 0 Å². The summed E-state index contributed by atoms with van der Waals surface area (Å²) in [5.41, 5.74) is 7.01. The van der Waals surface area contributed by atoms with Crippen LogP contribution in [-0.4, -0.2) is 40.1 Å². The van der Waals surface area contributed by atoms with E-state index in [0.717, 1.165) is 17.9 Å². The van der Waals surface area contributed by atoms with Crippen molar-refractivity contribution in [2.75, 3.05) is 25.0 Å². The minimum atomic E-state index is 0.593. The summed E-state index contributed by atoms with van der Waals surface area (Å²) >= 11 is 0. The van der Waals surface area contributed by atoms with Crippen molar-refractivity contribution in [3.05, 3.63) is 12.7 Å². The number of anilines is 1. The van der Waals surface area contributed by atoms with Crippen LogP contribution in [0, 0.1) is 0 Å². The van der Waals surface area contributed by atoms with Crippen LogP contribution in [0.4, 0.5) is 5.82 Å². The number of nitrogens with one attached hydrogen (secondary N) is 1. The molecule has 74 valence electrons. The summed E-state index contributed by atoms with van der Waals surface area (Å²) in [4.78, 5) is 17.3. The fourth-order valence-electron chi connectivity index (χ4n) is 1.34. The molecule has 0 unspecified atom stereocenters. The zero-order valence-electron chi connectivity index (χ0n) is 7.94. The normalized spacial score (nSPS) is 10.7. The molecule has 0 aromatic carbocycles. The number of hydrogen-bond acceptors (Lipinski definition) is 5. The van der Waals surface area contributed by atoms with E-state index in [0.29, 0.717) is 12.2 Å². The molecule has 0 bridgehead atoms. The first-order valence-electron chi connectivity index (χ1n) is 4.38. The van der Waals surface area contributed by atoms with Gasteiger partial charge in [0, 0.05) is 20.1 Å². The first-order valence-corrected chi connectivity index (χ1v) is 4.38. The number of H-pyrrole nitrogens is 1. The number of likely N-dealkylation sites (N-methyl/N-ethyl adjacent to an activating group) is 1. The Morgan fingerprint density at radius 3 is 3.07 bits per heavy atom. The first kappa shape index (κ1) is 8.89. The van der Waals surface area contributed by atoms with Crippen molar-refractivity contribution in [3.8, 4) is 0 Å². The highest BCUT2D eigenvalue weighted by molar-refractivity contribution is 5.82. The van der Waals surface area contributed by atoms with Crippen LogP contribution in [0.15, 0.2) is 12.7 Å². The molecule has 0 aliphatic rings. The molecule has 14 heavy (non-hydrogen) atoms. The van der Waals surface area contributed by atoms with Gasteiger partial charge in [-0.25, -0.2) is 15.0 Å². The van der Waals surface area contributed by atoms with Gasteiger partial charge in [0.2, 0.25) is 0 Å². The van der Waals surface area contributed by atoms with Crippen LogP contribution in [0.2, 0.25) is 0 Å². The lowest BCUT2D eigenvalue weighted by Gasteiger charge is -2.16. The number of aromatic nitrogens is 4. The van der Waals surface area contributed by atoms with Crippen LogP contribution >= 0.6 is 0 Å². The van der Waals surface area contributed by atoms with E-state index in [-0.39, 0.29) is 0 Å². The van der Waals surface area contributed by atoms with Crippen LogP contribution in [0.25, 0.3) is 11.2 Å². The van der Waals surface area contributed by atoms with E-state index in [4.69, 9.17) is 5.73 Å². The molecule has 0 radical (unpaired) electrons. The molecular formula is C8H12N6. The Morgan fingerprint density at radius 1 is 1.43 bits per heavy atom. The fraction of sp³-hybridized carbons (Fsp3) is 0.375. The minimum Gasteiger partial charge on any atom is -0.357 e. The Balaban J connectivity index is 2.45. The monoisotopic (exact) mass is 192 g/mol. The molecule has 6 nitrogen and oxygen atoms in total. The van der Waals surface area contributed by atoms with Crippen molar-refractivity contribution in [2.24, 2.45) is 5.73 Å². The standard InChI is InChI=1S/C8H12N6/c1-14(3-2-9)8-6-7(11-4-10-6)12-5-13-8/h4-5H,2-3,9H2,1H3,(H,10,11,12,13). The first-order chi connectivity index (χ1) is 6.83. The van der Waals surface area contributed by atoms with Gasteiger partial charge in [0.25, 0.3) is 0 Å². The third-order valence-electron chi connectivity index (χ3n) is 2.03. The second kappa shape index (κ2) is 3.59. The Kier molecular flexibility index (Phi) is 2.28. The number of imidazole rings is 1. The summed E-state index contributed by atoms with van der Waals surface area (Å²) in [6.45, 7) is 1.35. The third-order valence-corrected chi connectivity index (χ3v) is 2.03. The zero-order chi connectivity index (χ0) is 9.97. The van der Waals surface area contributed by atoms with Crippen molar-refractivity contribution >= 4 is 17.0 Å². The van der Waals surface area contributed by atoms with E-state index in [1.807, 2.05) is 11.9 Å². The van der Waals surface area contributed by atoms with E-state index >= 15 is 0 Å². The van der Waals surface area contributed by atoms with Crippen LogP contribution in [-0.2, 0) is 0 Å². The average Bonchev–Trinajstić information content (AvgIpc) is 2.65.